The van der Waals surface area contributed by atoms with E-state index in [1.165, 1.54) is 12.1 Å². The van der Waals surface area contributed by atoms with Crippen molar-refractivity contribution in [3.63, 3.8) is 0 Å². The summed E-state index contributed by atoms with van der Waals surface area (Å²) in [5.41, 5.74) is 0.458. The summed E-state index contributed by atoms with van der Waals surface area (Å²) in [6, 6.07) is 5.53. The molecule has 1 aromatic rings. The number of rotatable bonds is 5. The van der Waals surface area contributed by atoms with Gasteiger partial charge in [-0.2, -0.15) is 0 Å². The van der Waals surface area contributed by atoms with Crippen molar-refractivity contribution in [2.24, 2.45) is 17.3 Å². The van der Waals surface area contributed by atoms with Gasteiger partial charge in [0.05, 0.1) is 17.4 Å². The normalized spacial score (nSPS) is 27.8. The average molecular weight is 434 g/mol. The van der Waals surface area contributed by atoms with Crippen LogP contribution in [0, 0.1) is 23.1 Å². The van der Waals surface area contributed by atoms with Crippen molar-refractivity contribution in [2.75, 3.05) is 11.5 Å². The van der Waals surface area contributed by atoms with Crippen molar-refractivity contribution >= 4 is 38.9 Å². The molecule has 8 heteroatoms. The molecule has 3 atom stereocenters. The monoisotopic (exact) mass is 433 g/mol. The summed E-state index contributed by atoms with van der Waals surface area (Å²) in [5.74, 6) is -0.829. The number of carbonyl (C=O) groups is 1. The van der Waals surface area contributed by atoms with Gasteiger partial charge in [0.1, 0.15) is 10.3 Å². The van der Waals surface area contributed by atoms with Crippen molar-refractivity contribution in [1.29, 1.82) is 0 Å². The molecule has 0 N–H and O–H groups in total. The maximum Gasteiger partial charge on any atom is 0.227 e. The Hall–Kier alpha value is -1.11. The molecular weight excluding hydrogens is 412 g/mol. The lowest BCUT2D eigenvalue weighted by Crippen LogP contribution is -2.42. The summed E-state index contributed by atoms with van der Waals surface area (Å²) in [6.45, 7) is 4.18. The summed E-state index contributed by atoms with van der Waals surface area (Å²) in [7, 11) is -3.15. The van der Waals surface area contributed by atoms with E-state index < -0.39 is 9.84 Å². The second kappa shape index (κ2) is 7.37. The Bertz CT molecular complexity index is 863. The van der Waals surface area contributed by atoms with E-state index in [9.17, 15) is 17.6 Å². The van der Waals surface area contributed by atoms with Crippen LogP contribution in [0.5, 0.6) is 0 Å². The second-order valence-electron chi connectivity index (χ2n) is 7.93. The van der Waals surface area contributed by atoms with Crippen LogP contribution in [0.1, 0.15) is 25.8 Å². The first-order chi connectivity index (χ1) is 12.5. The van der Waals surface area contributed by atoms with Crippen LogP contribution in [0.2, 0.25) is 0 Å². The lowest BCUT2D eigenvalue weighted by atomic mass is 10.1. The zero-order valence-corrected chi connectivity index (χ0v) is 17.5. The summed E-state index contributed by atoms with van der Waals surface area (Å²) >= 11 is 11.6. The molecule has 0 aromatic heterocycles. The van der Waals surface area contributed by atoms with Gasteiger partial charge in [0.2, 0.25) is 5.91 Å². The first-order valence-electron chi connectivity index (χ1n) is 8.79. The lowest BCUT2D eigenvalue weighted by molar-refractivity contribution is -0.136. The fourth-order valence-electron chi connectivity index (χ4n) is 3.97. The third-order valence-corrected chi connectivity index (χ3v) is 7.68. The van der Waals surface area contributed by atoms with Gasteiger partial charge >= 0.3 is 0 Å². The van der Waals surface area contributed by atoms with E-state index in [1.807, 2.05) is 13.8 Å². The molecule has 1 aromatic carbocycles. The molecule has 1 saturated carbocycles. The Labute approximate surface area is 169 Å². The number of hydrogen-bond donors (Lipinski definition) is 0. The van der Waals surface area contributed by atoms with E-state index in [2.05, 4.69) is 0 Å². The van der Waals surface area contributed by atoms with Crippen LogP contribution >= 0.6 is 23.2 Å². The average Bonchev–Trinajstić information content (AvgIpc) is 2.90. The van der Waals surface area contributed by atoms with E-state index in [0.717, 1.165) is 5.56 Å². The van der Waals surface area contributed by atoms with Crippen LogP contribution in [0.25, 0.3) is 0 Å². The summed E-state index contributed by atoms with van der Waals surface area (Å²) in [5, 5.41) is 0. The number of benzene rings is 1. The Morgan fingerprint density at radius 2 is 1.93 bits per heavy atom. The van der Waals surface area contributed by atoms with E-state index in [-0.39, 0.29) is 57.6 Å². The smallest absolute Gasteiger partial charge is 0.227 e. The lowest BCUT2D eigenvalue weighted by Gasteiger charge is -2.29. The molecule has 0 unspecified atom stereocenters. The molecule has 27 heavy (non-hydrogen) atoms. The topological polar surface area (TPSA) is 54.5 Å². The molecule has 0 spiro atoms. The minimum Gasteiger partial charge on any atom is -0.334 e. The van der Waals surface area contributed by atoms with Gasteiger partial charge in [-0.25, -0.2) is 12.8 Å². The van der Waals surface area contributed by atoms with Crippen LogP contribution in [0.3, 0.4) is 0 Å². The van der Waals surface area contributed by atoms with Crippen LogP contribution in [-0.2, 0) is 21.2 Å². The quantitative estimate of drug-likeness (QED) is 0.706. The Morgan fingerprint density at radius 1 is 1.30 bits per heavy atom. The van der Waals surface area contributed by atoms with Gasteiger partial charge < -0.3 is 4.90 Å². The SMILES string of the molecule is CC1(C)[C@H](C(=O)N(Cc2ccc(F)cc2)[C@@H]2CCS(=O)(=O)C2)[C@@H]1C=C(Cl)Cl. The number of hydrogen-bond acceptors (Lipinski definition) is 3. The van der Waals surface area contributed by atoms with Gasteiger partial charge in [-0.1, -0.05) is 49.2 Å². The van der Waals surface area contributed by atoms with Gasteiger partial charge in [0.25, 0.3) is 0 Å². The van der Waals surface area contributed by atoms with Gasteiger partial charge in [-0.05, 0) is 41.5 Å². The van der Waals surface area contributed by atoms with Crippen molar-refractivity contribution in [3.8, 4) is 0 Å². The maximum absolute atomic E-state index is 13.3. The standard InChI is InChI=1S/C19H22Cl2FNO3S/c1-19(2)15(9-16(20)21)17(19)18(24)23(14-7-8-27(25,26)11-14)10-12-3-5-13(22)6-4-12/h3-6,9,14-15,17H,7-8,10-11H2,1-2H3/t14-,15+,17+/m1/s1. The van der Waals surface area contributed by atoms with E-state index in [4.69, 9.17) is 23.2 Å². The summed E-state index contributed by atoms with van der Waals surface area (Å²) < 4.78 is 37.2. The molecule has 3 rings (SSSR count). The van der Waals surface area contributed by atoms with E-state index >= 15 is 0 Å². The number of sulfone groups is 1. The Morgan fingerprint density at radius 3 is 2.44 bits per heavy atom. The molecule has 148 valence electrons. The highest BCUT2D eigenvalue weighted by atomic mass is 35.5. The molecule has 2 aliphatic rings. The number of nitrogens with zero attached hydrogens (tertiary/aromatic N) is 1. The second-order valence-corrected chi connectivity index (χ2v) is 11.2. The molecule has 1 saturated heterocycles. The number of allylic oxidation sites excluding steroid dienone is 1. The van der Waals surface area contributed by atoms with Gasteiger partial charge in [-0.15, -0.1) is 0 Å². The highest BCUT2D eigenvalue weighted by Crippen LogP contribution is 2.60. The highest BCUT2D eigenvalue weighted by molar-refractivity contribution is 7.91. The van der Waals surface area contributed by atoms with Gasteiger partial charge in [-0.3, -0.25) is 4.79 Å². The zero-order valence-electron chi connectivity index (χ0n) is 15.2. The van der Waals surface area contributed by atoms with Crippen molar-refractivity contribution in [1.82, 2.24) is 4.90 Å². The molecule has 1 aliphatic carbocycles. The van der Waals surface area contributed by atoms with Crippen LogP contribution < -0.4 is 0 Å². The summed E-state index contributed by atoms with van der Waals surface area (Å²) in [4.78, 5) is 15.0. The van der Waals surface area contributed by atoms with Crippen LogP contribution in [-0.4, -0.2) is 36.8 Å². The fourth-order valence-corrected chi connectivity index (χ4v) is 5.97. The molecule has 1 heterocycles. The number of amides is 1. The first-order valence-corrected chi connectivity index (χ1v) is 11.4. The van der Waals surface area contributed by atoms with E-state index in [1.54, 1.807) is 23.1 Å². The van der Waals surface area contributed by atoms with Crippen LogP contribution in [0.4, 0.5) is 4.39 Å². The molecule has 4 nitrogen and oxygen atoms in total. The van der Waals surface area contributed by atoms with Crippen LogP contribution in [0.15, 0.2) is 34.8 Å². The predicted molar refractivity (Wildman–Crippen MR) is 105 cm³/mol. The fraction of sp³-hybridized carbons (Fsp3) is 0.526. The molecular formula is C19H22Cl2FNO3S. The predicted octanol–water partition coefficient (Wildman–Crippen LogP) is 3.93. The van der Waals surface area contributed by atoms with Crippen molar-refractivity contribution < 1.29 is 17.6 Å². The van der Waals surface area contributed by atoms with Crippen molar-refractivity contribution in [2.45, 2.75) is 32.9 Å². The number of carbonyl (C=O) groups excluding carboxylic acids is 1. The molecule has 2 fully saturated rings. The molecule has 0 bridgehead atoms. The Balaban J connectivity index is 1.86. The van der Waals surface area contributed by atoms with Crippen molar-refractivity contribution in [3.05, 3.63) is 46.2 Å². The van der Waals surface area contributed by atoms with Gasteiger partial charge in [0, 0.05) is 12.6 Å². The van der Waals surface area contributed by atoms with Gasteiger partial charge in [0.15, 0.2) is 9.84 Å². The largest absolute Gasteiger partial charge is 0.334 e. The minimum absolute atomic E-state index is 0.0378. The highest BCUT2D eigenvalue weighted by Gasteiger charge is 2.62. The Kier molecular flexibility index (Phi) is 5.63. The number of halogens is 3. The first kappa shape index (κ1) is 20.6. The minimum atomic E-state index is -3.15. The van der Waals surface area contributed by atoms with E-state index in [0.29, 0.717) is 6.42 Å². The maximum atomic E-state index is 13.3. The third-order valence-electron chi connectivity index (χ3n) is 5.68. The summed E-state index contributed by atoms with van der Waals surface area (Å²) in [6.07, 6.45) is 2.09. The molecule has 0 radical (unpaired) electrons. The molecule has 1 aliphatic heterocycles. The zero-order chi connectivity index (χ0) is 20.0. The molecule has 1 amide bonds. The third kappa shape index (κ3) is 4.49.